The van der Waals surface area contributed by atoms with Gasteiger partial charge in [0.15, 0.2) is 6.21 Å². The summed E-state index contributed by atoms with van der Waals surface area (Å²) < 4.78 is 5.27. The number of aliphatic hydroxyl groups is 1. The minimum atomic E-state index is -1.00. The highest BCUT2D eigenvalue weighted by molar-refractivity contribution is 6.32. The van der Waals surface area contributed by atoms with Crippen molar-refractivity contribution in [2.75, 3.05) is 26.3 Å². The van der Waals surface area contributed by atoms with Gasteiger partial charge in [0, 0.05) is 25.2 Å². The number of carbonyl (C=O) groups is 1. The maximum Gasteiger partial charge on any atom is 0.309 e. The first-order valence-corrected chi connectivity index (χ1v) is 7.28. The number of hydrazone groups is 1. The van der Waals surface area contributed by atoms with Gasteiger partial charge in [-0.3, -0.25) is 9.69 Å². The van der Waals surface area contributed by atoms with Gasteiger partial charge in [-0.25, -0.2) is 4.99 Å². The first kappa shape index (κ1) is 17.1. The number of nitrogens with two attached hydrogens (primary N) is 1. The average molecular weight is 321 g/mol. The zero-order chi connectivity index (χ0) is 16.7. The van der Waals surface area contributed by atoms with E-state index in [0.29, 0.717) is 26.3 Å². The van der Waals surface area contributed by atoms with Crippen LogP contribution in [0.15, 0.2) is 29.4 Å². The molecule has 1 aliphatic heterocycles. The number of hydrogen-bond donors (Lipinski definition) is 4. The van der Waals surface area contributed by atoms with E-state index < -0.39 is 12.2 Å². The maximum absolute atomic E-state index is 10.6. The number of nitrogens with one attached hydrogen (secondary N) is 1. The van der Waals surface area contributed by atoms with Crippen molar-refractivity contribution in [2.24, 2.45) is 10.9 Å². The molecular weight excluding hydrogens is 300 g/mol. The molecule has 1 heterocycles. The van der Waals surface area contributed by atoms with Crippen molar-refractivity contribution >= 4 is 23.6 Å². The van der Waals surface area contributed by atoms with Gasteiger partial charge in [0.25, 0.3) is 0 Å². The van der Waals surface area contributed by atoms with Crippen LogP contribution < -0.4 is 10.8 Å². The molecule has 1 aromatic carbocycles. The topological polar surface area (TPSA) is 122 Å². The summed E-state index contributed by atoms with van der Waals surface area (Å²) in [5.41, 5.74) is 1.76. The van der Waals surface area contributed by atoms with Crippen LogP contribution in [0.25, 0.3) is 0 Å². The molecule has 1 fully saturated rings. The molecule has 0 bridgehead atoms. The van der Waals surface area contributed by atoms with Crippen LogP contribution in [-0.2, 0) is 9.53 Å². The minimum absolute atomic E-state index is 0.231. The minimum Gasteiger partial charge on any atom is -0.481 e. The van der Waals surface area contributed by atoms with Crippen LogP contribution in [0.3, 0.4) is 0 Å². The number of ether oxygens (including phenoxy) is 1. The van der Waals surface area contributed by atoms with Crippen molar-refractivity contribution in [3.05, 3.63) is 29.8 Å². The molecule has 8 nitrogen and oxygen atoms in total. The summed E-state index contributed by atoms with van der Waals surface area (Å²) >= 11 is 0. The molecule has 0 aromatic heterocycles. The van der Waals surface area contributed by atoms with E-state index in [2.05, 4.69) is 10.1 Å². The second-order valence-electron chi connectivity index (χ2n) is 5.12. The van der Waals surface area contributed by atoms with E-state index in [1.165, 1.54) is 6.21 Å². The summed E-state index contributed by atoms with van der Waals surface area (Å²) in [6.45, 7) is 2.63. The predicted molar refractivity (Wildman–Crippen MR) is 84.4 cm³/mol. The summed E-state index contributed by atoms with van der Waals surface area (Å²) in [5, 5.41) is 22.5. The third-order valence-corrected chi connectivity index (χ3v) is 3.50. The molecule has 1 aliphatic rings. The molecule has 0 amide bonds. The lowest BCUT2D eigenvalue weighted by molar-refractivity contribution is -0.345. The van der Waals surface area contributed by atoms with Gasteiger partial charge >= 0.3 is 5.97 Å². The van der Waals surface area contributed by atoms with Crippen molar-refractivity contribution in [1.82, 2.24) is 4.90 Å². The van der Waals surface area contributed by atoms with E-state index in [0.717, 1.165) is 11.3 Å². The molecule has 0 spiro atoms. The standard InChI is InChI=1S/C15H20N4O4/c16-18-13(9-14(20)21)10-17-12-3-1-11(2-4-12)15(22)19-5-7-23-8-6-19/h1-4,10,15,22H,5-9,16H2,(H,20,21)/p+1. The summed E-state index contributed by atoms with van der Waals surface area (Å²) in [7, 11) is 0. The third-order valence-electron chi connectivity index (χ3n) is 3.50. The Morgan fingerprint density at radius 2 is 2.04 bits per heavy atom. The van der Waals surface area contributed by atoms with Gasteiger partial charge in [-0.15, -0.1) is 0 Å². The first-order chi connectivity index (χ1) is 11.1. The number of benzene rings is 1. The highest BCUT2D eigenvalue weighted by Crippen LogP contribution is 2.19. The fourth-order valence-electron chi connectivity index (χ4n) is 2.24. The smallest absolute Gasteiger partial charge is 0.309 e. The Kier molecular flexibility index (Phi) is 6.21. The number of nitrogens with zero attached hydrogens (tertiary/aromatic N) is 2. The fourth-order valence-corrected chi connectivity index (χ4v) is 2.24. The molecule has 0 radical (unpaired) electrons. The van der Waals surface area contributed by atoms with E-state index in [-0.39, 0.29) is 12.1 Å². The van der Waals surface area contributed by atoms with Crippen LogP contribution in [0, 0.1) is 0 Å². The Morgan fingerprint density at radius 3 is 2.61 bits per heavy atom. The van der Waals surface area contributed by atoms with Gasteiger partial charge < -0.3 is 20.8 Å². The number of carboxylic acid groups (broad SMARTS) is 1. The molecule has 1 aromatic rings. The normalized spacial score (nSPS) is 18.2. The maximum atomic E-state index is 10.6. The van der Waals surface area contributed by atoms with Gasteiger partial charge in [0.05, 0.1) is 19.6 Å². The molecule has 2 rings (SSSR count). The second kappa shape index (κ2) is 8.37. The van der Waals surface area contributed by atoms with E-state index in [9.17, 15) is 9.90 Å². The Morgan fingerprint density at radius 1 is 1.39 bits per heavy atom. The number of morpholine rings is 1. The van der Waals surface area contributed by atoms with E-state index in [1.54, 1.807) is 12.1 Å². The van der Waals surface area contributed by atoms with Crippen LogP contribution in [0.5, 0.6) is 0 Å². The van der Waals surface area contributed by atoms with Crippen LogP contribution in [0.1, 0.15) is 18.2 Å². The Labute approximate surface area is 133 Å². The summed E-state index contributed by atoms with van der Waals surface area (Å²) in [6.07, 6.45) is 0.531. The highest BCUT2D eigenvalue weighted by atomic mass is 16.5. The van der Waals surface area contributed by atoms with E-state index in [1.807, 2.05) is 17.0 Å². The summed E-state index contributed by atoms with van der Waals surface area (Å²) in [6, 6.07) is 7.22. The Balaban J connectivity index is 1.99. The van der Waals surface area contributed by atoms with Crippen molar-refractivity contribution < 1.29 is 24.7 Å². The molecule has 124 valence electrons. The number of aliphatic hydroxyl groups excluding tert-OH is 1. The Hall–Kier alpha value is -2.29. The second-order valence-corrected chi connectivity index (χ2v) is 5.12. The summed E-state index contributed by atoms with van der Waals surface area (Å²) in [4.78, 5) is 15.5. The van der Waals surface area contributed by atoms with Crippen LogP contribution in [-0.4, -0.2) is 59.3 Å². The largest absolute Gasteiger partial charge is 0.481 e. The summed E-state index contributed by atoms with van der Waals surface area (Å²) in [5.74, 6) is 4.13. The molecule has 23 heavy (non-hydrogen) atoms. The third kappa shape index (κ3) is 5.13. The van der Waals surface area contributed by atoms with Gasteiger partial charge in [-0.2, -0.15) is 5.10 Å². The number of rotatable bonds is 6. The van der Waals surface area contributed by atoms with Crippen LogP contribution in [0.4, 0.5) is 5.69 Å². The number of hydrogen-bond acceptors (Lipinski definition) is 6. The molecule has 0 saturated carbocycles. The van der Waals surface area contributed by atoms with E-state index in [4.69, 9.17) is 15.7 Å². The van der Waals surface area contributed by atoms with Crippen LogP contribution in [0.2, 0.25) is 0 Å². The Bertz CT molecular complexity index is 580. The van der Waals surface area contributed by atoms with Gasteiger partial charge in [0.1, 0.15) is 11.9 Å². The SMILES string of the molecule is NN=C(C=[NH+]c1ccc(C(O)N2CCOCC2)cc1)CC(=O)O. The van der Waals surface area contributed by atoms with E-state index >= 15 is 0 Å². The molecule has 8 heteroatoms. The first-order valence-electron chi connectivity index (χ1n) is 7.28. The number of aliphatic carboxylic acids is 1. The zero-order valence-corrected chi connectivity index (χ0v) is 12.7. The van der Waals surface area contributed by atoms with Gasteiger partial charge in [0.2, 0.25) is 5.69 Å². The fraction of sp³-hybridized carbons (Fsp3) is 0.400. The monoisotopic (exact) mass is 321 g/mol. The molecule has 1 atom stereocenters. The highest BCUT2D eigenvalue weighted by Gasteiger charge is 2.20. The van der Waals surface area contributed by atoms with Crippen molar-refractivity contribution in [3.8, 4) is 0 Å². The van der Waals surface area contributed by atoms with Crippen LogP contribution >= 0.6 is 0 Å². The molecular formula is C15H21N4O4+. The zero-order valence-electron chi connectivity index (χ0n) is 12.7. The van der Waals surface area contributed by atoms with Crippen molar-refractivity contribution in [3.63, 3.8) is 0 Å². The van der Waals surface area contributed by atoms with Gasteiger partial charge in [-0.05, 0) is 17.7 Å². The molecule has 1 unspecified atom stereocenters. The predicted octanol–water partition coefficient (Wildman–Crippen LogP) is -1.42. The van der Waals surface area contributed by atoms with Crippen molar-refractivity contribution in [2.45, 2.75) is 12.6 Å². The lowest BCUT2D eigenvalue weighted by Gasteiger charge is -2.31. The lowest BCUT2D eigenvalue weighted by atomic mass is 10.1. The molecule has 5 N–H and O–H groups in total. The lowest BCUT2D eigenvalue weighted by Crippen LogP contribution is -2.63. The van der Waals surface area contributed by atoms with Gasteiger partial charge in [-0.1, -0.05) is 0 Å². The molecule has 0 aliphatic carbocycles. The molecule has 1 saturated heterocycles. The quantitative estimate of drug-likeness (QED) is 0.290. The number of carboxylic acids is 1. The van der Waals surface area contributed by atoms with Crippen molar-refractivity contribution in [1.29, 1.82) is 0 Å². The average Bonchev–Trinajstić information content (AvgIpc) is 2.59.